The average Bonchev–Trinajstić information content (AvgIpc) is 2.78. The van der Waals surface area contributed by atoms with Gasteiger partial charge in [-0.1, -0.05) is 18.2 Å². The van der Waals surface area contributed by atoms with Gasteiger partial charge < -0.3 is 14.2 Å². The molecule has 0 radical (unpaired) electrons. The first-order valence-corrected chi connectivity index (χ1v) is 5.35. The molecule has 2 atom stereocenters. The van der Waals surface area contributed by atoms with Crippen molar-refractivity contribution in [1.29, 1.82) is 0 Å². The van der Waals surface area contributed by atoms with E-state index in [2.05, 4.69) is 6.58 Å². The molecule has 1 aliphatic rings. The van der Waals surface area contributed by atoms with E-state index in [1.807, 2.05) is 30.3 Å². The van der Waals surface area contributed by atoms with Crippen LogP contribution in [0.25, 0.3) is 0 Å². The Morgan fingerprint density at radius 1 is 1.44 bits per heavy atom. The van der Waals surface area contributed by atoms with Crippen LogP contribution in [0.2, 0.25) is 0 Å². The molecule has 1 heterocycles. The highest BCUT2D eigenvalue weighted by molar-refractivity contribution is 5.28. The van der Waals surface area contributed by atoms with Crippen LogP contribution < -0.4 is 4.74 Å². The monoisotopic (exact) mass is 220 g/mol. The second-order valence-electron chi connectivity index (χ2n) is 3.72. The van der Waals surface area contributed by atoms with Crippen molar-refractivity contribution in [3.8, 4) is 5.75 Å². The Bertz CT molecular complexity index is 345. The van der Waals surface area contributed by atoms with Gasteiger partial charge in [-0.3, -0.25) is 0 Å². The van der Waals surface area contributed by atoms with Crippen molar-refractivity contribution in [1.82, 2.24) is 0 Å². The second-order valence-corrected chi connectivity index (χ2v) is 3.72. The summed E-state index contributed by atoms with van der Waals surface area (Å²) < 4.78 is 16.4. The molecule has 0 N–H and O–H groups in total. The molecular formula is C13H16O3. The third-order valence-electron chi connectivity index (χ3n) is 2.57. The van der Waals surface area contributed by atoms with E-state index in [0.717, 1.165) is 17.7 Å². The Hall–Kier alpha value is -1.32. The number of benzene rings is 1. The van der Waals surface area contributed by atoms with Gasteiger partial charge >= 0.3 is 0 Å². The molecule has 1 aromatic rings. The normalized spacial score (nSPS) is 24.3. The number of rotatable bonds is 4. The summed E-state index contributed by atoms with van der Waals surface area (Å²) in [5.41, 5.74) is 1.02. The average molecular weight is 220 g/mol. The lowest BCUT2D eigenvalue weighted by Crippen LogP contribution is -2.07. The standard InChI is InChI=1S/C13H16O3/c1-3-4-12-9-15-13(16-12)10-5-7-11(14-2)8-6-10/h3,5-8,12-13H,1,4,9H2,2H3/t12-,13?/m1/s1. The molecule has 2 rings (SSSR count). The van der Waals surface area contributed by atoms with Crippen molar-refractivity contribution >= 4 is 0 Å². The van der Waals surface area contributed by atoms with Crippen LogP contribution in [0.5, 0.6) is 5.75 Å². The van der Waals surface area contributed by atoms with Crippen LogP contribution in [0.4, 0.5) is 0 Å². The lowest BCUT2D eigenvalue weighted by Gasteiger charge is -2.11. The highest BCUT2D eigenvalue weighted by Crippen LogP contribution is 2.29. The van der Waals surface area contributed by atoms with Crippen LogP contribution in [0.15, 0.2) is 36.9 Å². The van der Waals surface area contributed by atoms with Crippen LogP contribution in [-0.2, 0) is 9.47 Å². The Morgan fingerprint density at radius 3 is 2.81 bits per heavy atom. The maximum Gasteiger partial charge on any atom is 0.184 e. The smallest absolute Gasteiger partial charge is 0.184 e. The zero-order chi connectivity index (χ0) is 11.4. The minimum atomic E-state index is -0.254. The van der Waals surface area contributed by atoms with Gasteiger partial charge in [0.1, 0.15) is 5.75 Å². The van der Waals surface area contributed by atoms with Gasteiger partial charge in [-0.25, -0.2) is 0 Å². The molecular weight excluding hydrogens is 204 g/mol. The lowest BCUT2D eigenvalue weighted by atomic mass is 10.2. The fourth-order valence-corrected chi connectivity index (χ4v) is 1.69. The number of methoxy groups -OCH3 is 1. The fourth-order valence-electron chi connectivity index (χ4n) is 1.69. The van der Waals surface area contributed by atoms with E-state index in [1.165, 1.54) is 0 Å². The molecule has 1 saturated heterocycles. The van der Waals surface area contributed by atoms with E-state index in [4.69, 9.17) is 14.2 Å². The largest absolute Gasteiger partial charge is 0.497 e. The summed E-state index contributed by atoms with van der Waals surface area (Å²) in [6, 6.07) is 7.73. The minimum absolute atomic E-state index is 0.129. The van der Waals surface area contributed by atoms with Gasteiger partial charge in [-0.05, 0) is 18.6 Å². The molecule has 86 valence electrons. The zero-order valence-electron chi connectivity index (χ0n) is 9.39. The molecule has 1 aliphatic heterocycles. The van der Waals surface area contributed by atoms with Crippen molar-refractivity contribution in [2.24, 2.45) is 0 Å². The first kappa shape index (κ1) is 11.2. The minimum Gasteiger partial charge on any atom is -0.497 e. The van der Waals surface area contributed by atoms with E-state index in [9.17, 15) is 0 Å². The molecule has 0 bridgehead atoms. The molecule has 16 heavy (non-hydrogen) atoms. The Kier molecular flexibility index (Phi) is 3.59. The number of ether oxygens (including phenoxy) is 3. The zero-order valence-corrected chi connectivity index (χ0v) is 9.39. The molecule has 0 aliphatic carbocycles. The molecule has 3 heteroatoms. The van der Waals surface area contributed by atoms with E-state index in [-0.39, 0.29) is 12.4 Å². The summed E-state index contributed by atoms with van der Waals surface area (Å²) in [5, 5.41) is 0. The summed E-state index contributed by atoms with van der Waals surface area (Å²) in [4.78, 5) is 0. The van der Waals surface area contributed by atoms with Gasteiger partial charge in [0.05, 0.1) is 19.8 Å². The molecule has 1 aromatic carbocycles. The lowest BCUT2D eigenvalue weighted by molar-refractivity contribution is -0.0594. The summed E-state index contributed by atoms with van der Waals surface area (Å²) >= 11 is 0. The molecule has 3 nitrogen and oxygen atoms in total. The first-order valence-electron chi connectivity index (χ1n) is 5.35. The summed E-state index contributed by atoms with van der Waals surface area (Å²) in [6.45, 7) is 4.32. The van der Waals surface area contributed by atoms with Crippen LogP contribution in [0.3, 0.4) is 0 Å². The van der Waals surface area contributed by atoms with E-state index < -0.39 is 0 Å². The first-order chi connectivity index (χ1) is 7.83. The number of hydrogen-bond donors (Lipinski definition) is 0. The van der Waals surface area contributed by atoms with E-state index in [0.29, 0.717) is 6.61 Å². The fraction of sp³-hybridized carbons (Fsp3) is 0.385. The van der Waals surface area contributed by atoms with E-state index in [1.54, 1.807) is 7.11 Å². The third-order valence-corrected chi connectivity index (χ3v) is 2.57. The molecule has 0 aromatic heterocycles. The summed E-state index contributed by atoms with van der Waals surface area (Å²) in [5.74, 6) is 0.837. The van der Waals surface area contributed by atoms with Gasteiger partial charge in [-0.15, -0.1) is 6.58 Å². The Morgan fingerprint density at radius 2 is 2.19 bits per heavy atom. The number of hydrogen-bond acceptors (Lipinski definition) is 3. The van der Waals surface area contributed by atoms with Crippen molar-refractivity contribution < 1.29 is 14.2 Å². The highest BCUT2D eigenvalue weighted by Gasteiger charge is 2.26. The van der Waals surface area contributed by atoms with Crippen LogP contribution in [0, 0.1) is 0 Å². The third kappa shape index (κ3) is 2.43. The molecule has 0 amide bonds. The topological polar surface area (TPSA) is 27.7 Å². The van der Waals surface area contributed by atoms with Gasteiger partial charge in [0.15, 0.2) is 6.29 Å². The maximum atomic E-state index is 5.73. The molecule has 1 fully saturated rings. The van der Waals surface area contributed by atoms with Gasteiger partial charge in [0, 0.05) is 5.56 Å². The van der Waals surface area contributed by atoms with Crippen molar-refractivity contribution in [3.63, 3.8) is 0 Å². The van der Waals surface area contributed by atoms with Crippen molar-refractivity contribution in [2.45, 2.75) is 18.8 Å². The predicted molar refractivity (Wildman–Crippen MR) is 61.4 cm³/mol. The maximum absolute atomic E-state index is 5.73. The Labute approximate surface area is 95.6 Å². The summed E-state index contributed by atoms with van der Waals surface area (Å²) in [7, 11) is 1.65. The van der Waals surface area contributed by atoms with Gasteiger partial charge in [-0.2, -0.15) is 0 Å². The van der Waals surface area contributed by atoms with Crippen molar-refractivity contribution in [3.05, 3.63) is 42.5 Å². The quantitative estimate of drug-likeness (QED) is 0.730. The molecule has 0 spiro atoms. The van der Waals surface area contributed by atoms with Gasteiger partial charge in [0.2, 0.25) is 0 Å². The molecule has 0 saturated carbocycles. The predicted octanol–water partition coefficient (Wildman–Crippen LogP) is 2.69. The highest BCUT2D eigenvalue weighted by atomic mass is 16.7. The van der Waals surface area contributed by atoms with Crippen LogP contribution in [-0.4, -0.2) is 19.8 Å². The second kappa shape index (κ2) is 5.14. The van der Waals surface area contributed by atoms with Gasteiger partial charge in [0.25, 0.3) is 0 Å². The van der Waals surface area contributed by atoms with Crippen LogP contribution >= 0.6 is 0 Å². The van der Waals surface area contributed by atoms with Crippen LogP contribution in [0.1, 0.15) is 18.3 Å². The Balaban J connectivity index is 2.00. The summed E-state index contributed by atoms with van der Waals surface area (Å²) in [6.07, 6.45) is 2.55. The molecule has 1 unspecified atom stereocenters. The van der Waals surface area contributed by atoms with E-state index >= 15 is 0 Å². The SMILES string of the molecule is C=CC[C@@H]1COC(c2ccc(OC)cc2)O1. The van der Waals surface area contributed by atoms with Crippen molar-refractivity contribution in [2.75, 3.05) is 13.7 Å².